The van der Waals surface area contributed by atoms with E-state index >= 15 is 0 Å². The van der Waals surface area contributed by atoms with Crippen LogP contribution in [0.3, 0.4) is 0 Å². The molecule has 0 radical (unpaired) electrons. The number of aliphatic hydroxyl groups is 4. The van der Waals surface area contributed by atoms with Crippen LogP contribution in [-0.2, 0) is 19.0 Å². The Morgan fingerprint density at radius 3 is 2.32 bits per heavy atom. The van der Waals surface area contributed by atoms with Crippen LogP contribution in [0.2, 0.25) is 0 Å². The van der Waals surface area contributed by atoms with Gasteiger partial charge in [0.25, 0.3) is 0 Å². The fourth-order valence-corrected chi connectivity index (χ4v) is 7.42. The number of carbonyl (C=O) groups is 2. The lowest BCUT2D eigenvalue weighted by Gasteiger charge is -2.66. The molecule has 9 atom stereocenters. The largest absolute Gasteiger partial charge is 0.455 e. The van der Waals surface area contributed by atoms with Crippen molar-refractivity contribution in [3.8, 4) is 0 Å². The van der Waals surface area contributed by atoms with Crippen molar-refractivity contribution in [2.24, 2.45) is 16.7 Å². The lowest BCUT2D eigenvalue weighted by Crippen LogP contribution is -2.78. The third kappa shape index (κ3) is 3.49. The number of carbonyl (C=O) groups excluding carboxylic acids is 2. The maximum absolute atomic E-state index is 13.6. The van der Waals surface area contributed by atoms with Crippen LogP contribution in [-0.4, -0.2) is 80.7 Å². The van der Waals surface area contributed by atoms with Crippen LogP contribution in [0.25, 0.3) is 0 Å². The number of benzene rings is 1. The van der Waals surface area contributed by atoms with Gasteiger partial charge >= 0.3 is 11.9 Å². The van der Waals surface area contributed by atoms with Crippen LogP contribution in [0.1, 0.15) is 51.4 Å². The highest BCUT2D eigenvalue weighted by Gasteiger charge is 2.74. The van der Waals surface area contributed by atoms with E-state index in [0.717, 1.165) is 0 Å². The van der Waals surface area contributed by atoms with Gasteiger partial charge in [-0.25, -0.2) is 4.79 Å². The molecule has 9 nitrogen and oxygen atoms in total. The molecule has 4 N–H and O–H groups in total. The van der Waals surface area contributed by atoms with Gasteiger partial charge in [0.15, 0.2) is 5.60 Å². The number of esters is 2. The number of hydrogen-bond acceptors (Lipinski definition) is 9. The van der Waals surface area contributed by atoms with Gasteiger partial charge in [-0.1, -0.05) is 51.1 Å². The van der Waals surface area contributed by atoms with E-state index in [-0.39, 0.29) is 24.2 Å². The van der Waals surface area contributed by atoms with Crippen LogP contribution in [0.4, 0.5) is 0 Å². The minimum atomic E-state index is -1.93. The summed E-state index contributed by atoms with van der Waals surface area (Å²) < 4.78 is 17.9. The number of fused-ring (bicyclic) bond motifs is 5. The summed E-state index contributed by atoms with van der Waals surface area (Å²) >= 11 is 0. The van der Waals surface area contributed by atoms with Crippen LogP contribution in [0.15, 0.2) is 53.6 Å². The van der Waals surface area contributed by atoms with Gasteiger partial charge in [0.05, 0.1) is 30.3 Å². The third-order valence-electron chi connectivity index (χ3n) is 9.56. The first-order valence-corrected chi connectivity index (χ1v) is 12.9. The molecule has 1 heterocycles. The van der Waals surface area contributed by atoms with Gasteiger partial charge < -0.3 is 34.6 Å². The zero-order chi connectivity index (χ0) is 27.8. The monoisotopic (exact) mass is 528 g/mol. The predicted octanol–water partition coefficient (Wildman–Crippen LogP) is 1.68. The first kappa shape index (κ1) is 27.0. The smallest absolute Gasteiger partial charge is 0.338 e. The quantitative estimate of drug-likeness (QED) is 0.340. The molecule has 1 aromatic carbocycles. The summed E-state index contributed by atoms with van der Waals surface area (Å²) in [6.07, 6.45) is -3.06. The van der Waals surface area contributed by atoms with Gasteiger partial charge in [-0.2, -0.15) is 0 Å². The average Bonchev–Trinajstić information content (AvgIpc) is 2.84. The van der Waals surface area contributed by atoms with E-state index < -0.39 is 70.4 Å². The third-order valence-corrected chi connectivity index (χ3v) is 9.56. The second kappa shape index (κ2) is 8.72. The molecule has 0 aromatic heterocycles. The van der Waals surface area contributed by atoms with Crippen molar-refractivity contribution < 1.29 is 44.2 Å². The molecular formula is C29H36O9. The SMILES string of the molecule is CC(=O)O[C@@]12COC1C=C[C@@]1(C)[C@H](O)[C@H](O)C3=C(C)[C@@H](O)C[C@@](O)([C@@H](OC(=O)c4ccccc4)[C@@H]12)C3(C)C. The van der Waals surface area contributed by atoms with Crippen molar-refractivity contribution in [3.05, 3.63) is 59.2 Å². The zero-order valence-electron chi connectivity index (χ0n) is 22.2. The standard InChI is InChI=1S/C29H36O9/c1-15-18(31)13-29(35)24(37-25(34)17-9-7-6-8-10-17)22-27(5,23(33)21(32)20(15)26(29,3)4)12-11-19-28(22,14-36-19)38-16(2)30/h6-12,18-19,21-24,31-33,35H,13-14H2,1-5H3/t18-,19?,21+,22-,23+,24-,27+,28-,29+/m0/s1. The molecule has 0 spiro atoms. The molecule has 4 aliphatic rings. The number of rotatable bonds is 3. The lowest BCUT2D eigenvalue weighted by atomic mass is 9.46. The molecule has 1 unspecified atom stereocenters. The van der Waals surface area contributed by atoms with E-state index in [1.165, 1.54) is 6.92 Å². The fourth-order valence-electron chi connectivity index (χ4n) is 7.42. The Bertz CT molecular complexity index is 1210. The summed E-state index contributed by atoms with van der Waals surface area (Å²) in [5.41, 5.74) is -4.96. The fraction of sp³-hybridized carbons (Fsp3) is 0.586. The number of ether oxygens (including phenoxy) is 3. The maximum Gasteiger partial charge on any atom is 0.338 e. The molecule has 9 heteroatoms. The highest BCUT2D eigenvalue weighted by molar-refractivity contribution is 5.89. The van der Waals surface area contributed by atoms with Crippen molar-refractivity contribution in [1.82, 2.24) is 0 Å². The van der Waals surface area contributed by atoms with Crippen molar-refractivity contribution in [2.45, 2.75) is 82.8 Å². The first-order chi connectivity index (χ1) is 17.7. The Labute approximate surface area is 221 Å². The summed E-state index contributed by atoms with van der Waals surface area (Å²) in [6, 6.07) is 8.30. The molecule has 2 fully saturated rings. The van der Waals surface area contributed by atoms with Crippen molar-refractivity contribution in [2.75, 3.05) is 6.61 Å². The number of aliphatic hydroxyl groups excluding tert-OH is 3. The molecule has 1 saturated carbocycles. The minimum Gasteiger partial charge on any atom is -0.455 e. The summed E-state index contributed by atoms with van der Waals surface area (Å²) in [7, 11) is 0. The lowest BCUT2D eigenvalue weighted by molar-refractivity contribution is -0.319. The predicted molar refractivity (Wildman–Crippen MR) is 135 cm³/mol. The molecule has 206 valence electrons. The van der Waals surface area contributed by atoms with Gasteiger partial charge in [-0.3, -0.25) is 4.79 Å². The zero-order valence-corrected chi connectivity index (χ0v) is 22.2. The van der Waals surface area contributed by atoms with Gasteiger partial charge in [0.1, 0.15) is 23.9 Å². The van der Waals surface area contributed by atoms with Crippen LogP contribution in [0.5, 0.6) is 0 Å². The van der Waals surface area contributed by atoms with Gasteiger partial charge in [-0.15, -0.1) is 0 Å². The summed E-state index contributed by atoms with van der Waals surface area (Å²) in [4.78, 5) is 26.0. The Hall–Kier alpha value is -2.56. The summed E-state index contributed by atoms with van der Waals surface area (Å²) in [5, 5.41) is 47.1. The average molecular weight is 529 g/mol. The Morgan fingerprint density at radius 1 is 1.08 bits per heavy atom. The summed E-state index contributed by atoms with van der Waals surface area (Å²) in [6.45, 7) is 7.94. The molecule has 3 aliphatic carbocycles. The van der Waals surface area contributed by atoms with E-state index in [1.54, 1.807) is 70.2 Å². The molecule has 1 aromatic rings. The molecule has 2 bridgehead atoms. The molecule has 5 rings (SSSR count). The van der Waals surface area contributed by atoms with E-state index in [4.69, 9.17) is 14.2 Å². The second-order valence-electron chi connectivity index (χ2n) is 11.9. The van der Waals surface area contributed by atoms with Crippen LogP contribution in [0, 0.1) is 16.7 Å². The highest BCUT2D eigenvalue weighted by Crippen LogP contribution is 2.63. The van der Waals surface area contributed by atoms with Crippen LogP contribution < -0.4 is 0 Å². The maximum atomic E-state index is 13.6. The second-order valence-corrected chi connectivity index (χ2v) is 11.9. The van der Waals surface area contributed by atoms with E-state index in [9.17, 15) is 30.0 Å². The molecular weight excluding hydrogens is 492 g/mol. The van der Waals surface area contributed by atoms with Gasteiger partial charge in [0, 0.05) is 24.2 Å². The van der Waals surface area contributed by atoms with Crippen LogP contribution >= 0.6 is 0 Å². The Balaban J connectivity index is 1.79. The topological polar surface area (TPSA) is 143 Å². The molecule has 38 heavy (non-hydrogen) atoms. The number of hydrogen-bond donors (Lipinski definition) is 4. The van der Waals surface area contributed by atoms with Crippen molar-refractivity contribution in [3.63, 3.8) is 0 Å². The normalized spacial score (nSPS) is 43.1. The van der Waals surface area contributed by atoms with Crippen molar-refractivity contribution in [1.29, 1.82) is 0 Å². The van der Waals surface area contributed by atoms with Gasteiger partial charge in [-0.05, 0) is 30.2 Å². The van der Waals surface area contributed by atoms with Gasteiger partial charge in [0.2, 0.25) is 0 Å². The minimum absolute atomic E-state index is 0.0647. The van der Waals surface area contributed by atoms with E-state index in [0.29, 0.717) is 5.57 Å². The van der Waals surface area contributed by atoms with E-state index in [1.807, 2.05) is 0 Å². The Morgan fingerprint density at radius 2 is 1.74 bits per heavy atom. The molecule has 0 amide bonds. The first-order valence-electron chi connectivity index (χ1n) is 12.9. The van der Waals surface area contributed by atoms with E-state index in [2.05, 4.69) is 0 Å². The highest BCUT2D eigenvalue weighted by atomic mass is 16.6. The Kier molecular flexibility index (Phi) is 6.20. The summed E-state index contributed by atoms with van der Waals surface area (Å²) in [5.74, 6) is -2.37. The molecule has 1 aliphatic heterocycles. The van der Waals surface area contributed by atoms with Crippen molar-refractivity contribution >= 4 is 11.9 Å². The molecule has 1 saturated heterocycles.